The fraction of sp³-hybridized carbons (Fsp3) is 0.154. The predicted molar refractivity (Wildman–Crippen MR) is 76.8 cm³/mol. The third-order valence-corrected chi connectivity index (χ3v) is 4.01. The lowest BCUT2D eigenvalue weighted by atomic mass is 10.3. The van der Waals surface area contributed by atoms with Gasteiger partial charge in [-0.2, -0.15) is 0 Å². The first-order valence-electron chi connectivity index (χ1n) is 5.35. The van der Waals surface area contributed by atoms with E-state index in [1.54, 1.807) is 23.1 Å². The number of benzene rings is 1. The molecule has 1 N–H and O–H groups in total. The highest BCUT2D eigenvalue weighted by atomic mass is 32.2. The zero-order valence-corrected chi connectivity index (χ0v) is 11.1. The molecule has 2 aromatic rings. The summed E-state index contributed by atoms with van der Waals surface area (Å²) in [6.45, 7) is 4.52. The van der Waals surface area contributed by atoms with Crippen LogP contribution in [0.5, 0.6) is 0 Å². The van der Waals surface area contributed by atoms with Crippen molar-refractivity contribution in [3.8, 4) is 0 Å². The molecule has 2 rings (SSSR count). The maximum absolute atomic E-state index is 4.26. The van der Waals surface area contributed by atoms with Gasteiger partial charge >= 0.3 is 0 Å². The first-order chi connectivity index (χ1) is 8.40. The summed E-state index contributed by atoms with van der Waals surface area (Å²) in [6.07, 6.45) is 3.75. The van der Waals surface area contributed by atoms with Crippen LogP contribution in [0.1, 0.15) is 5.01 Å². The second-order valence-electron chi connectivity index (χ2n) is 3.38. The molecule has 0 aliphatic rings. The molecule has 88 valence electrons. The summed E-state index contributed by atoms with van der Waals surface area (Å²) in [4.78, 5) is 5.51. The largest absolute Gasteiger partial charge is 0.378 e. The van der Waals surface area contributed by atoms with Gasteiger partial charge < -0.3 is 5.32 Å². The Balaban J connectivity index is 2.01. The van der Waals surface area contributed by atoms with Crippen molar-refractivity contribution < 1.29 is 0 Å². The molecule has 0 atom stereocenters. The van der Waals surface area contributed by atoms with Gasteiger partial charge in [-0.15, -0.1) is 29.7 Å². The summed E-state index contributed by atoms with van der Waals surface area (Å²) in [5.74, 6) is 0.927. The highest BCUT2D eigenvalue weighted by molar-refractivity contribution is 7.99. The van der Waals surface area contributed by atoms with E-state index in [-0.39, 0.29) is 0 Å². The van der Waals surface area contributed by atoms with Gasteiger partial charge in [0.1, 0.15) is 5.01 Å². The molecule has 0 bridgehead atoms. The summed E-state index contributed by atoms with van der Waals surface area (Å²) in [7, 11) is 0. The molecule has 0 fully saturated rings. The smallest absolute Gasteiger partial charge is 0.112 e. The average Bonchev–Trinajstić information content (AvgIpc) is 2.88. The topological polar surface area (TPSA) is 24.9 Å². The van der Waals surface area contributed by atoms with Crippen LogP contribution in [0.15, 0.2) is 53.4 Å². The Morgan fingerprint density at radius 1 is 1.41 bits per heavy atom. The van der Waals surface area contributed by atoms with Crippen LogP contribution < -0.4 is 5.32 Å². The van der Waals surface area contributed by atoms with Gasteiger partial charge in [0.2, 0.25) is 0 Å². The zero-order chi connectivity index (χ0) is 11.9. The molecular weight excluding hydrogens is 248 g/mol. The van der Waals surface area contributed by atoms with Gasteiger partial charge in [-0.25, -0.2) is 4.98 Å². The van der Waals surface area contributed by atoms with Gasteiger partial charge in [0, 0.05) is 27.9 Å². The van der Waals surface area contributed by atoms with Crippen LogP contribution in [-0.4, -0.2) is 10.7 Å². The van der Waals surface area contributed by atoms with E-state index in [2.05, 4.69) is 35.1 Å². The molecule has 0 amide bonds. The molecule has 4 heteroatoms. The van der Waals surface area contributed by atoms with Crippen LogP contribution >= 0.6 is 23.1 Å². The van der Waals surface area contributed by atoms with Gasteiger partial charge in [-0.05, 0) is 12.1 Å². The van der Waals surface area contributed by atoms with Crippen molar-refractivity contribution in [2.75, 3.05) is 11.1 Å². The van der Waals surface area contributed by atoms with Crippen LogP contribution in [0.4, 0.5) is 5.69 Å². The Kier molecular flexibility index (Phi) is 4.64. The Hall–Kier alpha value is -1.26. The maximum Gasteiger partial charge on any atom is 0.112 e. The van der Waals surface area contributed by atoms with Crippen LogP contribution in [0.3, 0.4) is 0 Å². The summed E-state index contributed by atoms with van der Waals surface area (Å²) in [5.41, 5.74) is 1.16. The van der Waals surface area contributed by atoms with Crippen LogP contribution in [-0.2, 0) is 6.54 Å². The molecule has 1 aromatic carbocycles. The molecule has 0 aliphatic heterocycles. The Morgan fingerprint density at radius 2 is 2.29 bits per heavy atom. The van der Waals surface area contributed by atoms with Gasteiger partial charge in [0.15, 0.2) is 0 Å². The SMILES string of the molecule is C=CCSc1ccccc1NCc1nccs1. The van der Waals surface area contributed by atoms with Crippen LogP contribution in [0.25, 0.3) is 0 Å². The molecule has 17 heavy (non-hydrogen) atoms. The normalized spacial score (nSPS) is 10.1. The molecule has 0 unspecified atom stereocenters. The molecule has 1 aromatic heterocycles. The van der Waals surface area contributed by atoms with E-state index in [1.165, 1.54) is 4.90 Å². The third-order valence-electron chi connectivity index (χ3n) is 2.16. The number of rotatable bonds is 6. The molecule has 1 heterocycles. The first kappa shape index (κ1) is 12.2. The van der Waals surface area contributed by atoms with Crippen LogP contribution in [0.2, 0.25) is 0 Å². The summed E-state index contributed by atoms with van der Waals surface area (Å²) in [6, 6.07) is 8.32. The number of aromatic nitrogens is 1. The van der Waals surface area contributed by atoms with Crippen molar-refractivity contribution in [2.24, 2.45) is 0 Å². The molecule has 2 nitrogen and oxygen atoms in total. The molecule has 0 radical (unpaired) electrons. The monoisotopic (exact) mass is 262 g/mol. The molecule has 0 spiro atoms. The average molecular weight is 262 g/mol. The minimum absolute atomic E-state index is 0.781. The number of nitrogens with zero attached hydrogens (tertiary/aromatic N) is 1. The number of thiazole rings is 1. The van der Waals surface area contributed by atoms with E-state index in [4.69, 9.17) is 0 Å². The predicted octanol–water partition coefficient (Wildman–Crippen LogP) is 4.03. The fourth-order valence-electron chi connectivity index (χ4n) is 1.40. The Morgan fingerprint density at radius 3 is 3.06 bits per heavy atom. The zero-order valence-electron chi connectivity index (χ0n) is 9.43. The Bertz CT molecular complexity index is 466. The number of hydrogen-bond acceptors (Lipinski definition) is 4. The van der Waals surface area contributed by atoms with Crippen molar-refractivity contribution in [3.63, 3.8) is 0 Å². The standard InChI is InChI=1S/C13H14N2S2/c1-2-8-16-12-6-4-3-5-11(12)15-10-13-14-7-9-17-13/h2-7,9,15H,1,8,10H2. The quantitative estimate of drug-likeness (QED) is 0.628. The maximum atomic E-state index is 4.26. The van der Waals surface area contributed by atoms with Gasteiger partial charge in [0.05, 0.1) is 6.54 Å². The number of nitrogens with one attached hydrogen (secondary N) is 1. The summed E-state index contributed by atoms with van der Waals surface area (Å²) < 4.78 is 0. The molecule has 0 saturated carbocycles. The van der Waals surface area contributed by atoms with E-state index < -0.39 is 0 Å². The second-order valence-corrected chi connectivity index (χ2v) is 5.42. The van der Waals surface area contributed by atoms with E-state index in [0.29, 0.717) is 0 Å². The van der Waals surface area contributed by atoms with Crippen molar-refractivity contribution >= 4 is 28.8 Å². The molecule has 0 saturated heterocycles. The number of anilines is 1. The first-order valence-corrected chi connectivity index (χ1v) is 7.21. The number of thioether (sulfide) groups is 1. The number of hydrogen-bond donors (Lipinski definition) is 1. The highest BCUT2D eigenvalue weighted by Crippen LogP contribution is 2.27. The summed E-state index contributed by atoms with van der Waals surface area (Å²) in [5, 5.41) is 6.52. The van der Waals surface area contributed by atoms with Gasteiger partial charge in [-0.1, -0.05) is 18.2 Å². The fourth-order valence-corrected chi connectivity index (χ4v) is 2.72. The lowest BCUT2D eigenvalue weighted by Crippen LogP contribution is -1.99. The number of para-hydroxylation sites is 1. The molecule has 0 aliphatic carbocycles. The minimum Gasteiger partial charge on any atom is -0.378 e. The van der Waals surface area contributed by atoms with Crippen molar-refractivity contribution in [1.29, 1.82) is 0 Å². The van der Waals surface area contributed by atoms with E-state index in [1.807, 2.05) is 23.7 Å². The lowest BCUT2D eigenvalue weighted by molar-refractivity contribution is 1.09. The van der Waals surface area contributed by atoms with Crippen molar-refractivity contribution in [3.05, 3.63) is 53.5 Å². The Labute approximate surface area is 110 Å². The van der Waals surface area contributed by atoms with E-state index >= 15 is 0 Å². The van der Waals surface area contributed by atoms with Crippen molar-refractivity contribution in [2.45, 2.75) is 11.4 Å². The second kappa shape index (κ2) is 6.47. The summed E-state index contributed by atoms with van der Waals surface area (Å²) >= 11 is 3.46. The van der Waals surface area contributed by atoms with E-state index in [0.717, 1.165) is 23.0 Å². The lowest BCUT2D eigenvalue weighted by Gasteiger charge is -2.09. The van der Waals surface area contributed by atoms with Crippen LogP contribution in [0, 0.1) is 0 Å². The minimum atomic E-state index is 0.781. The third kappa shape index (κ3) is 3.61. The highest BCUT2D eigenvalue weighted by Gasteiger charge is 2.02. The van der Waals surface area contributed by atoms with Gasteiger partial charge in [-0.3, -0.25) is 0 Å². The van der Waals surface area contributed by atoms with Crippen molar-refractivity contribution in [1.82, 2.24) is 4.98 Å². The molecular formula is C13H14N2S2. The van der Waals surface area contributed by atoms with E-state index in [9.17, 15) is 0 Å². The van der Waals surface area contributed by atoms with Gasteiger partial charge in [0.25, 0.3) is 0 Å².